The van der Waals surface area contributed by atoms with Gasteiger partial charge in [-0.15, -0.1) is 0 Å². The molecule has 6 nitrogen and oxygen atoms in total. The van der Waals surface area contributed by atoms with Gasteiger partial charge in [0, 0.05) is 24.4 Å². The third-order valence-corrected chi connectivity index (χ3v) is 3.55. The van der Waals surface area contributed by atoms with Crippen LogP contribution in [0.15, 0.2) is 11.1 Å². The number of aliphatic hydroxyl groups excluding tert-OH is 2. The van der Waals surface area contributed by atoms with Crippen LogP contribution in [-0.4, -0.2) is 45.6 Å². The van der Waals surface area contributed by atoms with Crippen molar-refractivity contribution in [3.8, 4) is 0 Å². The van der Waals surface area contributed by atoms with E-state index in [1.54, 1.807) is 0 Å². The second-order valence-corrected chi connectivity index (χ2v) is 5.34. The predicted molar refractivity (Wildman–Crippen MR) is 82.6 cm³/mol. The fourth-order valence-electron chi connectivity index (χ4n) is 2.31. The second-order valence-electron chi connectivity index (χ2n) is 5.34. The van der Waals surface area contributed by atoms with Crippen LogP contribution in [0, 0.1) is 0 Å². The Morgan fingerprint density at radius 2 is 0.864 bits per heavy atom. The number of hydrogen-bond donors (Lipinski definition) is 4. The van der Waals surface area contributed by atoms with Gasteiger partial charge in [-0.25, -0.2) is 9.59 Å². The first-order chi connectivity index (χ1) is 10.5. The van der Waals surface area contributed by atoms with Gasteiger partial charge in [-0.1, -0.05) is 25.7 Å². The molecule has 0 aromatic heterocycles. The number of aliphatic hydroxyl groups is 2. The molecule has 0 radical (unpaired) electrons. The van der Waals surface area contributed by atoms with Crippen molar-refractivity contribution in [3.05, 3.63) is 11.1 Å². The standard InChI is InChI=1S/C16H28O6/c17-11-7-3-1-5-9-13(15(19)20)14(16(21)22)10-6-2-4-8-12-18/h17-18H,1-12H2,(H,19,20)(H,21,22). The van der Waals surface area contributed by atoms with Gasteiger partial charge in [0.2, 0.25) is 0 Å². The summed E-state index contributed by atoms with van der Waals surface area (Å²) < 4.78 is 0. The summed E-state index contributed by atoms with van der Waals surface area (Å²) in [6.45, 7) is 0.242. The van der Waals surface area contributed by atoms with Crippen LogP contribution in [0.4, 0.5) is 0 Å². The molecule has 0 bridgehead atoms. The fraction of sp³-hybridized carbons (Fsp3) is 0.750. The summed E-state index contributed by atoms with van der Waals surface area (Å²) >= 11 is 0. The number of carboxylic acid groups (broad SMARTS) is 2. The molecule has 0 aromatic carbocycles. The third kappa shape index (κ3) is 9.52. The Hall–Kier alpha value is -1.40. The summed E-state index contributed by atoms with van der Waals surface area (Å²) in [6.07, 6.45) is 6.27. The zero-order valence-electron chi connectivity index (χ0n) is 13.1. The molecule has 6 heteroatoms. The molecule has 128 valence electrons. The highest BCUT2D eigenvalue weighted by molar-refractivity contribution is 5.98. The Kier molecular flexibility index (Phi) is 12.4. The normalized spacial score (nSPS) is 12.1. The van der Waals surface area contributed by atoms with Gasteiger partial charge in [0.15, 0.2) is 0 Å². The number of aliphatic carboxylic acids is 2. The number of carboxylic acids is 2. The average molecular weight is 316 g/mol. The van der Waals surface area contributed by atoms with Crippen molar-refractivity contribution in [3.63, 3.8) is 0 Å². The van der Waals surface area contributed by atoms with Gasteiger partial charge in [-0.05, 0) is 38.5 Å². The second kappa shape index (κ2) is 13.3. The summed E-state index contributed by atoms with van der Waals surface area (Å²) in [5.41, 5.74) is -0.00249. The van der Waals surface area contributed by atoms with Crippen LogP contribution in [0.5, 0.6) is 0 Å². The molecule has 0 unspecified atom stereocenters. The van der Waals surface area contributed by atoms with Crippen molar-refractivity contribution in [2.75, 3.05) is 13.2 Å². The lowest BCUT2D eigenvalue weighted by molar-refractivity contribution is -0.136. The van der Waals surface area contributed by atoms with Crippen molar-refractivity contribution in [2.45, 2.75) is 64.2 Å². The van der Waals surface area contributed by atoms with Crippen molar-refractivity contribution in [2.24, 2.45) is 0 Å². The van der Waals surface area contributed by atoms with E-state index in [1.165, 1.54) is 0 Å². The van der Waals surface area contributed by atoms with Gasteiger partial charge in [0.1, 0.15) is 0 Å². The summed E-state index contributed by atoms with van der Waals surface area (Å²) in [4.78, 5) is 22.6. The fourth-order valence-corrected chi connectivity index (χ4v) is 2.31. The Morgan fingerprint density at radius 3 is 1.14 bits per heavy atom. The molecule has 0 aliphatic rings. The largest absolute Gasteiger partial charge is 0.478 e. The van der Waals surface area contributed by atoms with E-state index in [9.17, 15) is 19.8 Å². The zero-order chi connectivity index (χ0) is 16.8. The quantitative estimate of drug-likeness (QED) is 0.289. The van der Waals surface area contributed by atoms with E-state index >= 15 is 0 Å². The van der Waals surface area contributed by atoms with E-state index in [-0.39, 0.29) is 37.2 Å². The maximum absolute atomic E-state index is 11.3. The smallest absolute Gasteiger partial charge is 0.332 e. The molecule has 22 heavy (non-hydrogen) atoms. The summed E-state index contributed by atoms with van der Waals surface area (Å²) in [5.74, 6) is -2.31. The van der Waals surface area contributed by atoms with Gasteiger partial charge in [-0.2, -0.15) is 0 Å². The monoisotopic (exact) mass is 316 g/mol. The molecule has 4 N–H and O–H groups in total. The first-order valence-corrected chi connectivity index (χ1v) is 7.95. The highest BCUT2D eigenvalue weighted by atomic mass is 16.4. The van der Waals surface area contributed by atoms with Crippen LogP contribution in [0.3, 0.4) is 0 Å². The highest BCUT2D eigenvalue weighted by Crippen LogP contribution is 2.20. The van der Waals surface area contributed by atoms with Gasteiger partial charge >= 0.3 is 11.9 Å². The molecule has 0 aliphatic carbocycles. The maximum Gasteiger partial charge on any atom is 0.332 e. The molecule has 0 spiro atoms. The molecule has 0 saturated carbocycles. The van der Waals surface area contributed by atoms with E-state index in [0.717, 1.165) is 25.7 Å². The highest BCUT2D eigenvalue weighted by Gasteiger charge is 2.19. The van der Waals surface area contributed by atoms with E-state index in [0.29, 0.717) is 25.7 Å². The summed E-state index contributed by atoms with van der Waals surface area (Å²) in [6, 6.07) is 0. The Balaban J connectivity index is 4.55. The number of hydrogen-bond acceptors (Lipinski definition) is 4. The van der Waals surface area contributed by atoms with Crippen molar-refractivity contribution in [1.82, 2.24) is 0 Å². The Morgan fingerprint density at radius 1 is 0.545 bits per heavy atom. The first-order valence-electron chi connectivity index (χ1n) is 7.95. The van der Waals surface area contributed by atoms with Gasteiger partial charge in [0.25, 0.3) is 0 Å². The Labute approximate surface area is 131 Å². The topological polar surface area (TPSA) is 115 Å². The van der Waals surface area contributed by atoms with Crippen LogP contribution in [0.25, 0.3) is 0 Å². The lowest BCUT2D eigenvalue weighted by atomic mass is 9.96. The molecule has 0 rings (SSSR count). The Bertz CT molecular complexity index is 328. The first kappa shape index (κ1) is 20.6. The van der Waals surface area contributed by atoms with Crippen molar-refractivity contribution in [1.29, 1.82) is 0 Å². The predicted octanol–water partition coefficient (Wildman–Crippen LogP) is 2.34. The van der Waals surface area contributed by atoms with Gasteiger partial charge in [-0.3, -0.25) is 0 Å². The number of rotatable bonds is 14. The van der Waals surface area contributed by atoms with Crippen LogP contribution in [-0.2, 0) is 9.59 Å². The zero-order valence-corrected chi connectivity index (χ0v) is 13.1. The van der Waals surface area contributed by atoms with Crippen LogP contribution in [0.1, 0.15) is 64.2 Å². The minimum Gasteiger partial charge on any atom is -0.478 e. The summed E-state index contributed by atoms with van der Waals surface area (Å²) in [7, 11) is 0. The molecule has 0 saturated heterocycles. The van der Waals surface area contributed by atoms with Crippen LogP contribution >= 0.6 is 0 Å². The molecule has 0 heterocycles. The number of unbranched alkanes of at least 4 members (excludes halogenated alkanes) is 6. The van der Waals surface area contributed by atoms with E-state index in [4.69, 9.17) is 10.2 Å². The summed E-state index contributed by atoms with van der Waals surface area (Å²) in [5, 5.41) is 35.9. The molecule has 0 fully saturated rings. The molecule has 0 atom stereocenters. The van der Waals surface area contributed by atoms with Crippen molar-refractivity contribution >= 4 is 11.9 Å². The minimum absolute atomic E-state index is 0.00124. The lowest BCUT2D eigenvalue weighted by Crippen LogP contribution is -2.12. The molecular weight excluding hydrogens is 288 g/mol. The van der Waals surface area contributed by atoms with Gasteiger partial charge in [0.05, 0.1) is 0 Å². The SMILES string of the molecule is O=C(O)C(CCCCCCO)=C(CCCCCCO)C(=O)O. The third-order valence-electron chi connectivity index (χ3n) is 3.55. The van der Waals surface area contributed by atoms with E-state index < -0.39 is 11.9 Å². The average Bonchev–Trinajstić information content (AvgIpc) is 2.47. The van der Waals surface area contributed by atoms with Gasteiger partial charge < -0.3 is 20.4 Å². The maximum atomic E-state index is 11.3. The lowest BCUT2D eigenvalue weighted by Gasteiger charge is -2.09. The van der Waals surface area contributed by atoms with E-state index in [1.807, 2.05) is 0 Å². The minimum atomic E-state index is -1.16. The molecule has 0 aliphatic heterocycles. The van der Waals surface area contributed by atoms with Crippen LogP contribution < -0.4 is 0 Å². The molecule has 0 amide bonds. The number of carbonyl (C=O) groups is 2. The molecule has 0 aromatic rings. The van der Waals surface area contributed by atoms with Crippen LogP contribution in [0.2, 0.25) is 0 Å². The van der Waals surface area contributed by atoms with Crippen molar-refractivity contribution < 1.29 is 30.0 Å². The van der Waals surface area contributed by atoms with E-state index in [2.05, 4.69) is 0 Å². The molecular formula is C16H28O6.